The third-order valence-corrected chi connectivity index (χ3v) is 3.25. The first-order valence-electron chi connectivity index (χ1n) is 6.44. The van der Waals surface area contributed by atoms with Crippen LogP contribution in [0.1, 0.15) is 45.5 Å². The zero-order valence-electron chi connectivity index (χ0n) is 11.1. The highest BCUT2D eigenvalue weighted by Crippen LogP contribution is 2.14. The summed E-state index contributed by atoms with van der Waals surface area (Å²) in [5.74, 6) is 0.653. The van der Waals surface area contributed by atoms with Crippen molar-refractivity contribution >= 4 is 0 Å². The molecule has 17 heavy (non-hydrogen) atoms. The van der Waals surface area contributed by atoms with Gasteiger partial charge in [-0.05, 0) is 39.4 Å². The van der Waals surface area contributed by atoms with Gasteiger partial charge in [-0.3, -0.25) is 0 Å². The van der Waals surface area contributed by atoms with E-state index < -0.39 is 0 Å². The second-order valence-electron chi connectivity index (χ2n) is 4.33. The number of hydrogen-bond acceptors (Lipinski definition) is 4. The lowest BCUT2D eigenvalue weighted by atomic mass is 10.1. The highest BCUT2D eigenvalue weighted by Gasteiger charge is 2.10. The highest BCUT2D eigenvalue weighted by molar-refractivity contribution is 4.85. The van der Waals surface area contributed by atoms with Crippen LogP contribution in [0.4, 0.5) is 0 Å². The fourth-order valence-corrected chi connectivity index (χ4v) is 2.04. The second kappa shape index (κ2) is 7.40. The molecule has 0 bridgehead atoms. The Labute approximate surface area is 103 Å². The predicted molar refractivity (Wildman–Crippen MR) is 67.7 cm³/mol. The van der Waals surface area contributed by atoms with E-state index in [9.17, 15) is 0 Å². The molecule has 1 atom stereocenters. The van der Waals surface area contributed by atoms with Crippen LogP contribution in [0.25, 0.3) is 0 Å². The fraction of sp³-hybridized carbons (Fsp3) is 0.833. The number of nitrogens with zero attached hydrogens (tertiary/aromatic N) is 4. The lowest BCUT2D eigenvalue weighted by Crippen LogP contribution is -2.24. The standard InChI is InChI=1S/C12H24N4O/c1-4-15(5-2)8-6-7-11(3)16-10-13-14-12(16)9-17/h10-11,17H,4-9H2,1-3H3. The van der Waals surface area contributed by atoms with Crippen LogP contribution in [0, 0.1) is 0 Å². The molecule has 0 fully saturated rings. The van der Waals surface area contributed by atoms with Crippen molar-refractivity contribution < 1.29 is 5.11 Å². The monoisotopic (exact) mass is 240 g/mol. The van der Waals surface area contributed by atoms with Crippen molar-refractivity contribution in [2.75, 3.05) is 19.6 Å². The molecule has 0 amide bonds. The van der Waals surface area contributed by atoms with E-state index in [0.717, 1.165) is 32.5 Å². The van der Waals surface area contributed by atoms with Gasteiger partial charge in [0.15, 0.2) is 5.82 Å². The molecule has 0 radical (unpaired) electrons. The maximum atomic E-state index is 9.11. The topological polar surface area (TPSA) is 54.2 Å². The SMILES string of the molecule is CCN(CC)CCCC(C)n1cnnc1CO. The first-order chi connectivity index (χ1) is 8.22. The van der Waals surface area contributed by atoms with Crippen LogP contribution in [0.3, 0.4) is 0 Å². The summed E-state index contributed by atoms with van der Waals surface area (Å²) in [6.45, 7) is 9.84. The summed E-state index contributed by atoms with van der Waals surface area (Å²) in [4.78, 5) is 2.42. The summed E-state index contributed by atoms with van der Waals surface area (Å²) in [5, 5.41) is 16.8. The molecule has 1 rings (SSSR count). The highest BCUT2D eigenvalue weighted by atomic mass is 16.3. The predicted octanol–water partition coefficient (Wildman–Crippen LogP) is 1.45. The van der Waals surface area contributed by atoms with E-state index in [-0.39, 0.29) is 6.61 Å². The fourth-order valence-electron chi connectivity index (χ4n) is 2.04. The van der Waals surface area contributed by atoms with Crippen LogP contribution in [0.5, 0.6) is 0 Å². The van der Waals surface area contributed by atoms with Crippen molar-refractivity contribution in [1.29, 1.82) is 0 Å². The van der Waals surface area contributed by atoms with E-state index in [1.54, 1.807) is 6.33 Å². The van der Waals surface area contributed by atoms with Gasteiger partial charge in [-0.1, -0.05) is 13.8 Å². The summed E-state index contributed by atoms with van der Waals surface area (Å²) in [6.07, 6.45) is 3.95. The molecule has 1 N–H and O–H groups in total. The molecule has 1 heterocycles. The molecule has 1 unspecified atom stereocenters. The van der Waals surface area contributed by atoms with Crippen molar-refractivity contribution in [1.82, 2.24) is 19.7 Å². The number of aromatic nitrogens is 3. The molecule has 0 aromatic carbocycles. The van der Waals surface area contributed by atoms with Gasteiger partial charge in [-0.15, -0.1) is 10.2 Å². The summed E-state index contributed by atoms with van der Waals surface area (Å²) >= 11 is 0. The van der Waals surface area contributed by atoms with Crippen molar-refractivity contribution in [3.8, 4) is 0 Å². The van der Waals surface area contributed by atoms with E-state index in [1.165, 1.54) is 0 Å². The maximum Gasteiger partial charge on any atom is 0.158 e. The number of aliphatic hydroxyl groups is 1. The van der Waals surface area contributed by atoms with Crippen LogP contribution in [0.2, 0.25) is 0 Å². The normalized spacial score (nSPS) is 13.2. The Morgan fingerprint density at radius 1 is 1.41 bits per heavy atom. The van der Waals surface area contributed by atoms with Gasteiger partial charge in [0.1, 0.15) is 12.9 Å². The molecule has 1 aromatic rings. The molecule has 5 heteroatoms. The molecule has 0 spiro atoms. The van der Waals surface area contributed by atoms with Crippen LogP contribution in [-0.2, 0) is 6.61 Å². The Hall–Kier alpha value is -0.940. The van der Waals surface area contributed by atoms with Gasteiger partial charge in [-0.25, -0.2) is 0 Å². The molecule has 0 aliphatic rings. The molecule has 0 aliphatic carbocycles. The van der Waals surface area contributed by atoms with Gasteiger partial charge >= 0.3 is 0 Å². The van der Waals surface area contributed by atoms with Crippen molar-refractivity contribution in [3.05, 3.63) is 12.2 Å². The molecule has 1 aromatic heterocycles. The summed E-state index contributed by atoms with van der Waals surface area (Å²) in [5.41, 5.74) is 0. The van der Waals surface area contributed by atoms with E-state index in [1.807, 2.05) is 4.57 Å². The van der Waals surface area contributed by atoms with Gasteiger partial charge in [-0.2, -0.15) is 0 Å². The zero-order valence-corrected chi connectivity index (χ0v) is 11.1. The van der Waals surface area contributed by atoms with Gasteiger partial charge in [0.25, 0.3) is 0 Å². The molecule has 0 saturated carbocycles. The molecular weight excluding hydrogens is 216 g/mol. The smallest absolute Gasteiger partial charge is 0.158 e. The molecule has 0 saturated heterocycles. The number of rotatable bonds is 8. The molecular formula is C12H24N4O. The van der Waals surface area contributed by atoms with Crippen molar-refractivity contribution in [2.45, 2.75) is 46.3 Å². The summed E-state index contributed by atoms with van der Waals surface area (Å²) in [7, 11) is 0. The van der Waals surface area contributed by atoms with Crippen LogP contribution >= 0.6 is 0 Å². The van der Waals surface area contributed by atoms with Gasteiger partial charge in [0, 0.05) is 6.04 Å². The largest absolute Gasteiger partial charge is 0.388 e. The zero-order chi connectivity index (χ0) is 12.7. The first kappa shape index (κ1) is 14.1. The van der Waals surface area contributed by atoms with Crippen LogP contribution in [0.15, 0.2) is 6.33 Å². The minimum absolute atomic E-state index is 0.0413. The summed E-state index contributed by atoms with van der Waals surface area (Å²) in [6, 6.07) is 0.350. The molecule has 5 nitrogen and oxygen atoms in total. The van der Waals surface area contributed by atoms with Gasteiger partial charge in [0.2, 0.25) is 0 Å². The Morgan fingerprint density at radius 3 is 2.71 bits per heavy atom. The average molecular weight is 240 g/mol. The quantitative estimate of drug-likeness (QED) is 0.747. The maximum absolute atomic E-state index is 9.11. The minimum atomic E-state index is -0.0413. The lowest BCUT2D eigenvalue weighted by molar-refractivity contribution is 0.256. The van der Waals surface area contributed by atoms with E-state index in [4.69, 9.17) is 5.11 Å². The van der Waals surface area contributed by atoms with Gasteiger partial charge in [0.05, 0.1) is 0 Å². The van der Waals surface area contributed by atoms with Crippen molar-refractivity contribution in [2.24, 2.45) is 0 Å². The van der Waals surface area contributed by atoms with Crippen LogP contribution in [-0.4, -0.2) is 44.4 Å². The number of hydrogen-bond donors (Lipinski definition) is 1. The third kappa shape index (κ3) is 4.09. The minimum Gasteiger partial charge on any atom is -0.388 e. The lowest BCUT2D eigenvalue weighted by Gasteiger charge is -2.20. The molecule has 98 valence electrons. The van der Waals surface area contributed by atoms with Crippen LogP contribution < -0.4 is 0 Å². The van der Waals surface area contributed by atoms with E-state index >= 15 is 0 Å². The van der Waals surface area contributed by atoms with E-state index in [2.05, 4.69) is 35.9 Å². The Balaban J connectivity index is 2.37. The second-order valence-corrected chi connectivity index (χ2v) is 4.33. The molecule has 0 aliphatic heterocycles. The average Bonchev–Trinajstić information content (AvgIpc) is 2.82. The third-order valence-electron chi connectivity index (χ3n) is 3.25. The van der Waals surface area contributed by atoms with Crippen molar-refractivity contribution in [3.63, 3.8) is 0 Å². The Morgan fingerprint density at radius 2 is 2.12 bits per heavy atom. The first-order valence-corrected chi connectivity index (χ1v) is 6.44. The summed E-state index contributed by atoms with van der Waals surface area (Å²) < 4.78 is 1.96. The number of aliphatic hydroxyl groups excluding tert-OH is 1. The Kier molecular flexibility index (Phi) is 6.15. The van der Waals surface area contributed by atoms with Gasteiger partial charge < -0.3 is 14.6 Å². The Bertz CT molecular complexity index is 309. The van der Waals surface area contributed by atoms with E-state index in [0.29, 0.717) is 11.9 Å².